The third-order valence-corrected chi connectivity index (χ3v) is 13.9. The van der Waals surface area contributed by atoms with E-state index in [2.05, 4.69) is 221 Å². The Morgan fingerprint density at radius 3 is 1.78 bits per heavy atom. The molecule has 0 spiro atoms. The van der Waals surface area contributed by atoms with Crippen LogP contribution in [0.3, 0.4) is 0 Å². The third-order valence-electron chi connectivity index (χ3n) is 12.8. The fourth-order valence-electron chi connectivity index (χ4n) is 9.95. The van der Waals surface area contributed by atoms with Crippen LogP contribution < -0.4 is 4.90 Å². The molecule has 2 aliphatic rings. The van der Waals surface area contributed by atoms with Crippen molar-refractivity contribution in [3.8, 4) is 11.1 Å². The van der Waals surface area contributed by atoms with Gasteiger partial charge in [0.2, 0.25) is 0 Å². The molecule has 2 aliphatic carbocycles. The largest absolute Gasteiger partial charge is 0.310 e. The Bertz CT molecular complexity index is 3150. The molecule has 1 heterocycles. The number of rotatable bonds is 6. The van der Waals surface area contributed by atoms with E-state index >= 15 is 0 Å². The minimum Gasteiger partial charge on any atom is -0.310 e. The molecule has 278 valence electrons. The number of hydrogen-bond acceptors (Lipinski definition) is 2. The zero-order valence-corrected chi connectivity index (χ0v) is 34.1. The molecule has 0 saturated heterocycles. The number of anilines is 3. The zero-order valence-electron chi connectivity index (χ0n) is 33.3. The number of allylic oxidation sites excluding steroid dienone is 2. The highest BCUT2D eigenvalue weighted by molar-refractivity contribution is 7.25. The van der Waals surface area contributed by atoms with E-state index in [0.29, 0.717) is 0 Å². The second kappa shape index (κ2) is 13.0. The zero-order chi connectivity index (χ0) is 39.2. The van der Waals surface area contributed by atoms with Gasteiger partial charge in [0.05, 0.1) is 5.69 Å². The second-order valence-electron chi connectivity index (χ2n) is 17.0. The second-order valence-corrected chi connectivity index (χ2v) is 18.1. The van der Waals surface area contributed by atoms with Gasteiger partial charge in [-0.3, -0.25) is 0 Å². The quantitative estimate of drug-likeness (QED) is 0.153. The highest BCUT2D eigenvalue weighted by atomic mass is 32.1. The summed E-state index contributed by atoms with van der Waals surface area (Å²) in [6, 6.07) is 64.9. The summed E-state index contributed by atoms with van der Waals surface area (Å²) in [5, 5.41) is 5.08. The van der Waals surface area contributed by atoms with Gasteiger partial charge in [0.15, 0.2) is 0 Å². The first-order chi connectivity index (χ1) is 28.3. The minimum atomic E-state index is -0.0934. The van der Waals surface area contributed by atoms with Gasteiger partial charge in [-0.05, 0) is 104 Å². The van der Waals surface area contributed by atoms with E-state index in [0.717, 1.165) is 11.4 Å². The van der Waals surface area contributed by atoms with Gasteiger partial charge in [0, 0.05) is 47.8 Å². The SMILES string of the molecule is CC1(C)C2=C(c3ccc(C=Cc4ccc5c(c4)sc4cc(N(c6ccccc6)c6cccc7ccccc67)ccc45)cc31)C(C)(C)c1cc(-c3ccccc3)ccc12. The smallest absolute Gasteiger partial charge is 0.0540 e. The monoisotopic (exact) mass is 761 g/mol. The first kappa shape index (κ1) is 34.7. The van der Waals surface area contributed by atoms with E-state index in [4.69, 9.17) is 0 Å². The van der Waals surface area contributed by atoms with Gasteiger partial charge < -0.3 is 4.90 Å². The van der Waals surface area contributed by atoms with E-state index in [9.17, 15) is 0 Å². The molecule has 8 aromatic carbocycles. The van der Waals surface area contributed by atoms with Gasteiger partial charge in [0.1, 0.15) is 0 Å². The fourth-order valence-corrected chi connectivity index (χ4v) is 11.1. The van der Waals surface area contributed by atoms with Crippen molar-refractivity contribution in [1.29, 1.82) is 0 Å². The topological polar surface area (TPSA) is 3.24 Å². The van der Waals surface area contributed by atoms with Gasteiger partial charge in [-0.15, -0.1) is 11.3 Å². The summed E-state index contributed by atoms with van der Waals surface area (Å²) in [6.45, 7) is 9.66. The third kappa shape index (κ3) is 5.36. The Morgan fingerprint density at radius 1 is 0.431 bits per heavy atom. The molecule has 0 N–H and O–H groups in total. The molecule has 58 heavy (non-hydrogen) atoms. The van der Waals surface area contributed by atoms with Gasteiger partial charge >= 0.3 is 0 Å². The van der Waals surface area contributed by atoms with Crippen LogP contribution in [-0.4, -0.2) is 0 Å². The number of nitrogens with zero attached hydrogens (tertiary/aromatic N) is 1. The lowest BCUT2D eigenvalue weighted by Crippen LogP contribution is -2.19. The molecule has 0 unspecified atom stereocenters. The van der Waals surface area contributed by atoms with Crippen molar-refractivity contribution in [3.63, 3.8) is 0 Å². The number of fused-ring (bicyclic) bond motifs is 8. The summed E-state index contributed by atoms with van der Waals surface area (Å²) in [7, 11) is 0. The Morgan fingerprint density at radius 2 is 1.02 bits per heavy atom. The maximum absolute atomic E-state index is 2.44. The van der Waals surface area contributed by atoms with E-state index in [1.807, 2.05) is 11.3 Å². The number of benzene rings is 8. The molecule has 2 heteroatoms. The van der Waals surface area contributed by atoms with Crippen molar-refractivity contribution < 1.29 is 0 Å². The molecule has 1 aromatic heterocycles. The molecule has 0 amide bonds. The first-order valence-electron chi connectivity index (χ1n) is 20.3. The molecule has 9 aromatic rings. The summed E-state index contributed by atoms with van der Waals surface area (Å²) >= 11 is 1.88. The molecule has 0 atom stereocenters. The van der Waals surface area contributed by atoms with Gasteiger partial charge in [-0.2, -0.15) is 0 Å². The summed E-state index contributed by atoms with van der Waals surface area (Å²) in [5.74, 6) is 0. The lowest BCUT2D eigenvalue weighted by Gasteiger charge is -2.28. The molecule has 0 aliphatic heterocycles. The first-order valence-corrected chi connectivity index (χ1v) is 21.2. The number of para-hydroxylation sites is 1. The van der Waals surface area contributed by atoms with Crippen molar-refractivity contribution in [2.24, 2.45) is 0 Å². The van der Waals surface area contributed by atoms with Crippen molar-refractivity contribution >= 4 is 82.6 Å². The predicted molar refractivity (Wildman–Crippen MR) is 252 cm³/mol. The highest BCUT2D eigenvalue weighted by Gasteiger charge is 2.49. The molecule has 0 saturated carbocycles. The van der Waals surface area contributed by atoms with Crippen molar-refractivity contribution in [1.82, 2.24) is 0 Å². The molecular weight excluding hydrogens is 719 g/mol. The lowest BCUT2D eigenvalue weighted by molar-refractivity contribution is 0.694. The summed E-state index contributed by atoms with van der Waals surface area (Å²) in [4.78, 5) is 2.39. The molecule has 11 rings (SSSR count). The van der Waals surface area contributed by atoms with Crippen LogP contribution in [0.5, 0.6) is 0 Å². The molecule has 0 radical (unpaired) electrons. The number of thiophene rings is 1. The Kier molecular flexibility index (Phi) is 7.80. The van der Waals surface area contributed by atoms with Crippen LogP contribution in [0.4, 0.5) is 17.1 Å². The van der Waals surface area contributed by atoms with Gasteiger partial charge in [-0.25, -0.2) is 0 Å². The highest BCUT2D eigenvalue weighted by Crippen LogP contribution is 2.63. The van der Waals surface area contributed by atoms with Crippen LogP contribution in [-0.2, 0) is 10.8 Å². The molecular formula is C56H43NS. The summed E-state index contributed by atoms with van der Waals surface area (Å²) in [6.07, 6.45) is 4.57. The average Bonchev–Trinajstić information content (AvgIpc) is 3.83. The number of hydrogen-bond donors (Lipinski definition) is 0. The van der Waals surface area contributed by atoms with Crippen LogP contribution in [0.15, 0.2) is 176 Å². The van der Waals surface area contributed by atoms with E-state index in [-0.39, 0.29) is 10.8 Å². The Hall–Kier alpha value is -6.48. The van der Waals surface area contributed by atoms with Crippen LogP contribution in [0, 0.1) is 0 Å². The van der Waals surface area contributed by atoms with E-state index in [1.165, 1.54) is 92.3 Å². The van der Waals surface area contributed by atoms with E-state index < -0.39 is 0 Å². The van der Waals surface area contributed by atoms with E-state index in [1.54, 1.807) is 0 Å². The maximum atomic E-state index is 2.44. The molecule has 0 fully saturated rings. The maximum Gasteiger partial charge on any atom is 0.0540 e. The predicted octanol–water partition coefficient (Wildman–Crippen LogP) is 16.0. The van der Waals surface area contributed by atoms with Gasteiger partial charge in [-0.1, -0.05) is 173 Å². The van der Waals surface area contributed by atoms with Crippen LogP contribution in [0.2, 0.25) is 0 Å². The van der Waals surface area contributed by atoms with Crippen LogP contribution in [0.25, 0.3) is 65.4 Å². The van der Waals surface area contributed by atoms with Gasteiger partial charge in [0.25, 0.3) is 0 Å². The lowest BCUT2D eigenvalue weighted by atomic mass is 9.75. The van der Waals surface area contributed by atoms with Crippen molar-refractivity contribution in [3.05, 3.63) is 209 Å². The fraction of sp³-hybridized carbons (Fsp3) is 0.107. The molecule has 1 nitrogen and oxygen atoms in total. The van der Waals surface area contributed by atoms with Crippen LogP contribution in [0.1, 0.15) is 61.1 Å². The van der Waals surface area contributed by atoms with Crippen molar-refractivity contribution in [2.75, 3.05) is 4.90 Å². The van der Waals surface area contributed by atoms with Crippen molar-refractivity contribution in [2.45, 2.75) is 38.5 Å². The summed E-state index contributed by atoms with van der Waals surface area (Å²) in [5.41, 5.74) is 17.0. The normalized spacial score (nSPS) is 15.0. The Labute approximate surface area is 344 Å². The standard InChI is InChI=1S/C56H43NS/c1-55(2)48-32-36(25-29-46(48)53-54(55)47-30-26-40(34-49(47)56(53,3)4)38-14-7-5-8-15-38)22-23-37-24-28-44-45-31-27-42(35-52(45)58-51(44)33-37)57(41-18-9-6-10-19-41)50-21-13-17-39-16-11-12-20-43(39)50/h5-35H,1-4H3. The minimum absolute atomic E-state index is 0.0779. The summed E-state index contributed by atoms with van der Waals surface area (Å²) < 4.78 is 2.59. The average molecular weight is 762 g/mol. The van der Waals surface area contributed by atoms with Crippen LogP contribution >= 0.6 is 11.3 Å². The molecule has 0 bridgehead atoms. The Balaban J connectivity index is 0.909.